The molecule has 0 fully saturated rings. The SMILES string of the molecule is Cc1ccc(C)n1-c1ncc(Br)c2c1C(=O)NC2O.Cc1ccc(C)n1-c1ncc(Br)cc1C(N)=O.[2H]CS.[H-].[Li+]. The topological polar surface area (TPSA) is 128 Å². The summed E-state index contributed by atoms with van der Waals surface area (Å²) < 4.78 is 11.2. The van der Waals surface area contributed by atoms with Crippen molar-refractivity contribution < 1.29 is 36.4 Å². The molecule has 4 N–H and O–H groups in total. The molecular weight excluding hydrogens is 643 g/mol. The van der Waals surface area contributed by atoms with E-state index in [4.69, 9.17) is 7.10 Å². The number of pyridine rings is 2. The van der Waals surface area contributed by atoms with Crippen molar-refractivity contribution in [1.82, 2.24) is 24.4 Å². The minimum Gasteiger partial charge on any atom is -1.00 e. The van der Waals surface area contributed by atoms with Crippen LogP contribution in [0.3, 0.4) is 0 Å². The first-order chi connectivity index (χ1) is 18.4. The number of nitrogens with zero attached hydrogens (tertiary/aromatic N) is 4. The summed E-state index contributed by atoms with van der Waals surface area (Å²) in [7, 11) is 0. The van der Waals surface area contributed by atoms with Gasteiger partial charge >= 0.3 is 18.9 Å². The molecule has 13 heteroatoms. The van der Waals surface area contributed by atoms with E-state index in [-0.39, 0.29) is 32.4 Å². The molecule has 0 saturated carbocycles. The Labute approximate surface area is 264 Å². The Morgan fingerprint density at radius 2 is 1.51 bits per heavy atom. The molecule has 4 aromatic heterocycles. The van der Waals surface area contributed by atoms with Crippen LogP contribution in [0.15, 0.2) is 51.7 Å². The molecule has 4 aromatic rings. The quantitative estimate of drug-likeness (QED) is 0.196. The Balaban J connectivity index is 0.000000360. The Morgan fingerprint density at radius 3 is 2.00 bits per heavy atom. The zero-order valence-electron chi connectivity index (χ0n) is 24.2. The molecular formula is C26H29Br2LiN6O3S. The largest absolute Gasteiger partial charge is 1.00 e. The van der Waals surface area contributed by atoms with E-state index in [1.165, 1.54) is 0 Å². The monoisotopic (exact) mass is 671 g/mol. The predicted molar refractivity (Wildman–Crippen MR) is 158 cm³/mol. The molecule has 5 rings (SSSR count). The summed E-state index contributed by atoms with van der Waals surface area (Å²) in [4.78, 5) is 32.1. The molecule has 0 aliphatic carbocycles. The van der Waals surface area contributed by atoms with Gasteiger partial charge < -0.3 is 26.7 Å². The molecule has 0 radical (unpaired) electrons. The number of carbonyl (C=O) groups is 2. The van der Waals surface area contributed by atoms with Crippen LogP contribution in [0.5, 0.6) is 0 Å². The number of thiol groups is 1. The number of halogens is 2. The molecule has 0 spiro atoms. The molecule has 1 atom stereocenters. The van der Waals surface area contributed by atoms with Crippen molar-refractivity contribution in [3.05, 3.63) is 91.1 Å². The van der Waals surface area contributed by atoms with E-state index < -0.39 is 12.1 Å². The number of nitrogens with two attached hydrogens (primary N) is 1. The van der Waals surface area contributed by atoms with E-state index in [1.54, 1.807) is 18.5 Å². The van der Waals surface area contributed by atoms with Crippen LogP contribution in [0, 0.1) is 27.7 Å². The number of rotatable bonds is 3. The predicted octanol–water partition coefficient (Wildman–Crippen LogP) is 2.00. The van der Waals surface area contributed by atoms with Crippen molar-refractivity contribution in [3.8, 4) is 11.6 Å². The fourth-order valence-corrected chi connectivity index (χ4v) is 5.07. The number of amides is 2. The van der Waals surface area contributed by atoms with Gasteiger partial charge in [0.2, 0.25) is 0 Å². The van der Waals surface area contributed by atoms with E-state index in [2.05, 4.69) is 59.8 Å². The zero-order chi connectivity index (χ0) is 29.0. The van der Waals surface area contributed by atoms with Crippen molar-refractivity contribution >= 4 is 56.3 Å². The van der Waals surface area contributed by atoms with Crippen molar-refractivity contribution in [2.24, 2.45) is 5.73 Å². The van der Waals surface area contributed by atoms with Gasteiger partial charge in [-0.25, -0.2) is 9.97 Å². The minimum absolute atomic E-state index is 0. The molecule has 1 aliphatic heterocycles. The van der Waals surface area contributed by atoms with Crippen LogP contribution in [-0.4, -0.2) is 42.3 Å². The summed E-state index contributed by atoms with van der Waals surface area (Å²) in [5, 5.41) is 12.4. The van der Waals surface area contributed by atoms with E-state index in [0.717, 1.165) is 27.2 Å². The first-order valence-corrected chi connectivity index (χ1v) is 13.5. The molecule has 0 aromatic carbocycles. The number of hydrogen-bond donors (Lipinski definition) is 4. The van der Waals surface area contributed by atoms with E-state index in [0.29, 0.717) is 32.8 Å². The number of aromatic nitrogens is 4. The number of fused-ring (bicyclic) bond motifs is 1. The number of carbonyl (C=O) groups excluding carboxylic acids is 2. The molecule has 0 saturated heterocycles. The Hall–Kier alpha value is -2.33. The third kappa shape index (κ3) is 6.70. The third-order valence-corrected chi connectivity index (χ3v) is 6.95. The number of nitrogens with one attached hydrogen (secondary N) is 1. The summed E-state index contributed by atoms with van der Waals surface area (Å²) in [6.45, 7) is 7.82. The summed E-state index contributed by atoms with van der Waals surface area (Å²) in [6, 6.07) is 9.57. The van der Waals surface area contributed by atoms with Crippen molar-refractivity contribution in [2.75, 3.05) is 6.23 Å². The smallest absolute Gasteiger partial charge is 1.00 e. The molecule has 202 valence electrons. The molecule has 1 unspecified atom stereocenters. The fourth-order valence-electron chi connectivity index (χ4n) is 4.22. The van der Waals surface area contributed by atoms with Crippen molar-refractivity contribution in [2.45, 2.75) is 33.9 Å². The Morgan fingerprint density at radius 1 is 1.05 bits per heavy atom. The first-order valence-electron chi connectivity index (χ1n) is 12.0. The van der Waals surface area contributed by atoms with Gasteiger partial charge in [-0.05, 0) is 96.1 Å². The first kappa shape index (κ1) is 31.2. The second-order valence-corrected chi connectivity index (χ2v) is 10.2. The molecule has 2 amide bonds. The number of aryl methyl sites for hydroxylation is 4. The average Bonchev–Trinajstić information content (AvgIpc) is 3.50. The maximum Gasteiger partial charge on any atom is 1.00 e. The van der Waals surface area contributed by atoms with Gasteiger partial charge in [0.25, 0.3) is 11.8 Å². The molecule has 5 heterocycles. The molecule has 9 nitrogen and oxygen atoms in total. The van der Waals surface area contributed by atoms with Gasteiger partial charge in [0, 0.05) is 51.0 Å². The van der Waals surface area contributed by atoms with Crippen molar-refractivity contribution in [3.63, 3.8) is 0 Å². The fraction of sp³-hybridized carbons (Fsp3) is 0.231. The normalized spacial score (nSPS) is 13.6. The van der Waals surface area contributed by atoms with Gasteiger partial charge in [-0.3, -0.25) is 9.59 Å². The molecule has 1 aliphatic rings. The van der Waals surface area contributed by atoms with Crippen molar-refractivity contribution in [1.29, 1.82) is 0 Å². The van der Waals surface area contributed by atoms with Crippen LogP contribution >= 0.6 is 44.5 Å². The molecule has 0 bridgehead atoms. The summed E-state index contributed by atoms with van der Waals surface area (Å²) in [5.41, 5.74) is 10.8. The molecule has 39 heavy (non-hydrogen) atoms. The van der Waals surface area contributed by atoms with Crippen LogP contribution < -0.4 is 29.9 Å². The van der Waals surface area contributed by atoms with Gasteiger partial charge in [-0.2, -0.15) is 12.6 Å². The Kier molecular flexibility index (Phi) is 11.1. The number of hydrogen-bond acceptors (Lipinski definition) is 6. The number of aliphatic hydroxyl groups excluding tert-OH is 1. The van der Waals surface area contributed by atoms with Gasteiger partial charge in [-0.1, -0.05) is 0 Å². The van der Waals surface area contributed by atoms with E-state index >= 15 is 0 Å². The number of primary amides is 1. The minimum atomic E-state index is -0.991. The summed E-state index contributed by atoms with van der Waals surface area (Å²) in [6.07, 6.45) is 2.46. The van der Waals surface area contributed by atoms with Crippen LogP contribution in [0.2, 0.25) is 0 Å². The van der Waals surface area contributed by atoms with Crippen LogP contribution in [0.4, 0.5) is 0 Å². The standard InChI is InChI=1S/C13H12BrN3O2.C12H12BrN3O.CH4S.Li.H/c1-6-3-4-7(2)17(6)11-10-9(8(14)5-15-11)12(18)16-13(10)19;1-7-3-4-8(2)16(7)12-10(11(14)17)5-9(13)6-15-12;1-2;;/h3-5,12,18H,1-2H3,(H,16,19);3-6H,1-2H3,(H2,14,17);2H,1H3;;/q;;;+1;-1/i;;1D;;. The Bertz CT molecular complexity index is 1510. The van der Waals surface area contributed by atoms with Gasteiger partial charge in [0.05, 0.1) is 11.1 Å². The van der Waals surface area contributed by atoms with E-state index in [9.17, 15) is 14.7 Å². The zero-order valence-corrected chi connectivity index (χ0v) is 26.2. The van der Waals surface area contributed by atoms with Crippen LogP contribution in [0.25, 0.3) is 11.6 Å². The van der Waals surface area contributed by atoms with Gasteiger partial charge in [0.15, 0.2) is 6.23 Å². The second-order valence-electron chi connectivity index (χ2n) is 8.39. The van der Waals surface area contributed by atoms with Gasteiger partial charge in [0.1, 0.15) is 11.6 Å². The maximum atomic E-state index is 12.0. The maximum absolute atomic E-state index is 12.0. The summed E-state index contributed by atoms with van der Waals surface area (Å²) in [5.74, 6) is 0.327. The third-order valence-electron chi connectivity index (χ3n) is 5.88. The van der Waals surface area contributed by atoms with Gasteiger partial charge in [-0.15, -0.1) is 0 Å². The van der Waals surface area contributed by atoms with Crippen LogP contribution in [0.1, 0.15) is 58.1 Å². The average molecular weight is 673 g/mol. The second kappa shape index (κ2) is 13.8. The number of aliphatic hydroxyl groups is 1. The van der Waals surface area contributed by atoms with Crippen LogP contribution in [-0.2, 0) is 0 Å². The summed E-state index contributed by atoms with van der Waals surface area (Å²) >= 11 is 10.1. The van der Waals surface area contributed by atoms with E-state index in [1.807, 2.05) is 61.1 Å².